The molecule has 3 nitrogen and oxygen atoms in total. The molecule has 0 radical (unpaired) electrons. The number of methoxy groups -OCH3 is 2. The quantitative estimate of drug-likeness (QED) is 0.831. The molecule has 0 saturated heterocycles. The summed E-state index contributed by atoms with van der Waals surface area (Å²) in [5.41, 5.74) is 4.24. The van der Waals surface area contributed by atoms with Gasteiger partial charge in [0.2, 0.25) is 0 Å². The van der Waals surface area contributed by atoms with Crippen LogP contribution in [0.25, 0.3) is 0 Å². The van der Waals surface area contributed by atoms with Crippen molar-refractivity contribution < 1.29 is 9.47 Å². The van der Waals surface area contributed by atoms with Crippen molar-refractivity contribution in [3.8, 4) is 17.6 Å². The average molecular weight is 295 g/mol. The Labute approximate surface area is 132 Å². The third-order valence-electron chi connectivity index (χ3n) is 3.78. The molecule has 2 aromatic carbocycles. The van der Waals surface area contributed by atoms with Crippen LogP contribution in [0.15, 0.2) is 36.4 Å². The fraction of sp³-hybridized carbons (Fsp3) is 0.316. The van der Waals surface area contributed by atoms with Gasteiger partial charge in [0.15, 0.2) is 0 Å². The van der Waals surface area contributed by atoms with Gasteiger partial charge >= 0.3 is 0 Å². The minimum Gasteiger partial charge on any atom is -0.496 e. The number of benzene rings is 2. The van der Waals surface area contributed by atoms with Gasteiger partial charge in [0.1, 0.15) is 11.5 Å². The lowest BCUT2D eigenvalue weighted by atomic mass is 9.90. The topological polar surface area (TPSA) is 42.2 Å². The van der Waals surface area contributed by atoms with Gasteiger partial charge in [-0.1, -0.05) is 35.4 Å². The van der Waals surface area contributed by atoms with Crippen molar-refractivity contribution in [1.82, 2.24) is 0 Å². The second-order valence-electron chi connectivity index (χ2n) is 5.45. The van der Waals surface area contributed by atoms with E-state index in [-0.39, 0.29) is 5.92 Å². The lowest BCUT2D eigenvalue weighted by Gasteiger charge is -2.16. The number of nitriles is 1. The monoisotopic (exact) mass is 295 g/mol. The van der Waals surface area contributed by atoms with E-state index >= 15 is 0 Å². The van der Waals surface area contributed by atoms with Crippen LogP contribution in [0.1, 0.15) is 28.2 Å². The number of hydrogen-bond donors (Lipinski definition) is 0. The molecular weight excluding hydrogens is 274 g/mol. The van der Waals surface area contributed by atoms with E-state index in [0.29, 0.717) is 6.42 Å². The molecule has 3 heteroatoms. The Morgan fingerprint density at radius 1 is 0.955 bits per heavy atom. The molecule has 114 valence electrons. The summed E-state index contributed by atoms with van der Waals surface area (Å²) in [5.74, 6) is 1.30. The van der Waals surface area contributed by atoms with Crippen molar-refractivity contribution in [2.45, 2.75) is 26.2 Å². The molecule has 2 rings (SSSR count). The van der Waals surface area contributed by atoms with Gasteiger partial charge in [-0.25, -0.2) is 0 Å². The molecular formula is C19H21NO2. The first-order valence-corrected chi connectivity index (χ1v) is 7.26. The van der Waals surface area contributed by atoms with Gasteiger partial charge in [0.25, 0.3) is 0 Å². The first kappa shape index (κ1) is 15.9. The Morgan fingerprint density at radius 3 is 2.14 bits per heavy atom. The van der Waals surface area contributed by atoms with E-state index in [1.54, 1.807) is 14.2 Å². The van der Waals surface area contributed by atoms with Crippen molar-refractivity contribution in [3.05, 3.63) is 58.7 Å². The molecule has 2 aromatic rings. The van der Waals surface area contributed by atoms with Crippen LogP contribution in [0, 0.1) is 25.2 Å². The SMILES string of the molecule is COc1ccc(C)cc1CC(C#N)c1cc(C)ccc1OC. The molecule has 0 fully saturated rings. The van der Waals surface area contributed by atoms with Gasteiger partial charge in [-0.3, -0.25) is 0 Å². The number of ether oxygens (including phenoxy) is 2. The zero-order valence-corrected chi connectivity index (χ0v) is 13.5. The lowest BCUT2D eigenvalue weighted by molar-refractivity contribution is 0.404. The van der Waals surface area contributed by atoms with Crippen molar-refractivity contribution in [3.63, 3.8) is 0 Å². The number of aryl methyl sites for hydroxylation is 2. The zero-order chi connectivity index (χ0) is 16.1. The Balaban J connectivity index is 2.41. The van der Waals surface area contributed by atoms with Crippen LogP contribution >= 0.6 is 0 Å². The van der Waals surface area contributed by atoms with Gasteiger partial charge in [0, 0.05) is 5.56 Å². The third-order valence-corrected chi connectivity index (χ3v) is 3.78. The Hall–Kier alpha value is -2.47. The zero-order valence-electron chi connectivity index (χ0n) is 13.5. The van der Waals surface area contributed by atoms with Gasteiger partial charge in [0.05, 0.1) is 26.2 Å². The van der Waals surface area contributed by atoms with E-state index < -0.39 is 0 Å². The van der Waals surface area contributed by atoms with Crippen LogP contribution in [-0.4, -0.2) is 14.2 Å². The molecule has 0 amide bonds. The first-order valence-electron chi connectivity index (χ1n) is 7.26. The highest BCUT2D eigenvalue weighted by Crippen LogP contribution is 2.32. The molecule has 0 N–H and O–H groups in total. The van der Waals surface area contributed by atoms with Crippen LogP contribution in [0.5, 0.6) is 11.5 Å². The molecule has 0 saturated carbocycles. The highest BCUT2D eigenvalue weighted by molar-refractivity contribution is 5.45. The van der Waals surface area contributed by atoms with E-state index in [0.717, 1.165) is 33.8 Å². The highest BCUT2D eigenvalue weighted by atomic mass is 16.5. The van der Waals surface area contributed by atoms with Crippen molar-refractivity contribution >= 4 is 0 Å². The molecule has 0 aromatic heterocycles. The maximum Gasteiger partial charge on any atom is 0.123 e. The molecule has 0 spiro atoms. The van der Waals surface area contributed by atoms with Gasteiger partial charge < -0.3 is 9.47 Å². The maximum atomic E-state index is 9.64. The summed E-state index contributed by atoms with van der Waals surface area (Å²) in [7, 11) is 3.29. The van der Waals surface area contributed by atoms with E-state index in [1.165, 1.54) is 0 Å². The van der Waals surface area contributed by atoms with E-state index in [4.69, 9.17) is 9.47 Å². The number of hydrogen-bond acceptors (Lipinski definition) is 3. The van der Waals surface area contributed by atoms with Gasteiger partial charge in [-0.05, 0) is 38.0 Å². The highest BCUT2D eigenvalue weighted by Gasteiger charge is 2.18. The average Bonchev–Trinajstić information content (AvgIpc) is 2.52. The summed E-state index contributed by atoms with van der Waals surface area (Å²) in [6, 6.07) is 14.4. The van der Waals surface area contributed by atoms with Crippen LogP contribution < -0.4 is 9.47 Å². The fourth-order valence-electron chi connectivity index (χ4n) is 2.64. The van der Waals surface area contributed by atoms with E-state index in [2.05, 4.69) is 12.1 Å². The fourth-order valence-corrected chi connectivity index (χ4v) is 2.64. The molecule has 0 aliphatic carbocycles. The van der Waals surface area contributed by atoms with Crippen LogP contribution in [0.4, 0.5) is 0 Å². The van der Waals surface area contributed by atoms with Gasteiger partial charge in [-0.2, -0.15) is 5.26 Å². The molecule has 0 aliphatic heterocycles. The largest absolute Gasteiger partial charge is 0.496 e. The van der Waals surface area contributed by atoms with Crippen molar-refractivity contribution in [2.75, 3.05) is 14.2 Å². The minimum atomic E-state index is -0.273. The number of nitrogens with zero attached hydrogens (tertiary/aromatic N) is 1. The maximum absolute atomic E-state index is 9.64. The summed E-state index contributed by atoms with van der Waals surface area (Å²) < 4.78 is 10.8. The first-order chi connectivity index (χ1) is 10.6. The minimum absolute atomic E-state index is 0.273. The predicted octanol–water partition coefficient (Wildman–Crippen LogP) is 4.17. The van der Waals surface area contributed by atoms with Crippen molar-refractivity contribution in [1.29, 1.82) is 5.26 Å². The molecule has 0 bridgehead atoms. The number of rotatable bonds is 5. The van der Waals surface area contributed by atoms with Crippen LogP contribution in [-0.2, 0) is 6.42 Å². The van der Waals surface area contributed by atoms with Crippen LogP contribution in [0.3, 0.4) is 0 Å². The predicted molar refractivity (Wildman–Crippen MR) is 87.5 cm³/mol. The lowest BCUT2D eigenvalue weighted by Crippen LogP contribution is -2.05. The standard InChI is InChI=1S/C19H21NO2/c1-13-5-7-18(21-3)15(9-13)11-16(12-20)17-10-14(2)6-8-19(17)22-4/h5-10,16H,11H2,1-4H3. The van der Waals surface area contributed by atoms with E-state index in [9.17, 15) is 5.26 Å². The summed E-state index contributed by atoms with van der Waals surface area (Å²) in [6.45, 7) is 4.06. The summed E-state index contributed by atoms with van der Waals surface area (Å²) in [5, 5.41) is 9.64. The summed E-state index contributed by atoms with van der Waals surface area (Å²) in [4.78, 5) is 0. The molecule has 1 atom stereocenters. The smallest absolute Gasteiger partial charge is 0.123 e. The van der Waals surface area contributed by atoms with Crippen molar-refractivity contribution in [2.24, 2.45) is 0 Å². The van der Waals surface area contributed by atoms with Gasteiger partial charge in [-0.15, -0.1) is 0 Å². The summed E-state index contributed by atoms with van der Waals surface area (Å²) in [6.07, 6.45) is 0.598. The molecule has 0 aliphatic rings. The second-order valence-corrected chi connectivity index (χ2v) is 5.45. The van der Waals surface area contributed by atoms with Crippen LogP contribution in [0.2, 0.25) is 0 Å². The Bertz CT molecular complexity index is 701. The third kappa shape index (κ3) is 3.40. The second kappa shape index (κ2) is 7.00. The van der Waals surface area contributed by atoms with E-state index in [1.807, 2.05) is 44.2 Å². The molecule has 1 unspecified atom stereocenters. The summed E-state index contributed by atoms with van der Waals surface area (Å²) >= 11 is 0. The Kier molecular flexibility index (Phi) is 5.06. The molecule has 0 heterocycles. The Morgan fingerprint density at radius 2 is 1.55 bits per heavy atom. The normalized spacial score (nSPS) is 11.6. The molecule has 22 heavy (non-hydrogen) atoms.